The number of rotatable bonds is 4. The Kier molecular flexibility index (Phi) is 4.24. The second kappa shape index (κ2) is 6.95. The molecule has 0 aliphatic heterocycles. The van der Waals surface area contributed by atoms with Crippen molar-refractivity contribution in [1.82, 2.24) is 14.5 Å². The van der Waals surface area contributed by atoms with Crippen LogP contribution in [-0.2, 0) is 4.79 Å². The number of hydrogen-bond acceptors (Lipinski definition) is 3. The van der Waals surface area contributed by atoms with E-state index in [1.54, 1.807) is 29.0 Å². The lowest BCUT2D eigenvalue weighted by atomic mass is 9.99. The number of aromatic amines is 1. The normalized spacial score (nSPS) is 13.5. The number of carbonyl (C=O) groups is 1. The highest BCUT2D eigenvalue weighted by molar-refractivity contribution is 6.03. The van der Waals surface area contributed by atoms with Crippen molar-refractivity contribution < 1.29 is 9.18 Å². The predicted molar refractivity (Wildman–Crippen MR) is 114 cm³/mol. The van der Waals surface area contributed by atoms with Crippen LogP contribution in [0.1, 0.15) is 25.8 Å². The maximum atomic E-state index is 13.6. The third kappa shape index (κ3) is 3.18. The number of hydrogen-bond donors (Lipinski definition) is 2. The lowest BCUT2D eigenvalue weighted by molar-refractivity contribution is -0.114. The molecule has 1 aliphatic carbocycles. The van der Waals surface area contributed by atoms with Crippen LogP contribution in [-0.4, -0.2) is 20.4 Å². The first-order valence-electron chi connectivity index (χ1n) is 9.78. The monoisotopic (exact) mass is 402 g/mol. The molecule has 4 aromatic rings. The number of amides is 1. The molecule has 2 N–H and O–H groups in total. The van der Waals surface area contributed by atoms with Gasteiger partial charge in [-0.05, 0) is 48.7 Å². The highest BCUT2D eigenvalue weighted by atomic mass is 19.1. The maximum Gasteiger partial charge on any atom is 0.260 e. The van der Waals surface area contributed by atoms with Crippen LogP contribution in [0.4, 0.5) is 10.2 Å². The van der Waals surface area contributed by atoms with Crippen molar-refractivity contribution in [2.24, 2.45) is 0 Å². The second-order valence-corrected chi connectivity index (χ2v) is 7.54. The number of aromatic nitrogens is 3. The van der Waals surface area contributed by atoms with Crippen molar-refractivity contribution in [2.75, 3.05) is 5.32 Å². The van der Waals surface area contributed by atoms with Gasteiger partial charge in [0.1, 0.15) is 11.6 Å². The van der Waals surface area contributed by atoms with Gasteiger partial charge in [0.2, 0.25) is 5.91 Å². The molecule has 6 nitrogen and oxygen atoms in total. The van der Waals surface area contributed by atoms with Crippen molar-refractivity contribution in [3.63, 3.8) is 0 Å². The van der Waals surface area contributed by atoms with Gasteiger partial charge < -0.3 is 14.9 Å². The molecule has 1 fully saturated rings. The largest absolute Gasteiger partial charge is 0.354 e. The van der Waals surface area contributed by atoms with Crippen LogP contribution in [0.3, 0.4) is 0 Å². The summed E-state index contributed by atoms with van der Waals surface area (Å²) in [5.41, 5.74) is 3.58. The van der Waals surface area contributed by atoms with E-state index in [-0.39, 0.29) is 23.3 Å². The predicted octanol–water partition coefficient (Wildman–Crippen LogP) is 4.49. The first-order valence-corrected chi connectivity index (χ1v) is 9.78. The van der Waals surface area contributed by atoms with Gasteiger partial charge in [-0.3, -0.25) is 9.59 Å². The molecule has 5 rings (SSSR count). The Labute approximate surface area is 171 Å². The van der Waals surface area contributed by atoms with E-state index in [9.17, 15) is 14.0 Å². The fourth-order valence-corrected chi connectivity index (χ4v) is 3.81. The van der Waals surface area contributed by atoms with Crippen molar-refractivity contribution in [2.45, 2.75) is 25.8 Å². The quantitative estimate of drug-likeness (QED) is 0.528. The minimum atomic E-state index is -0.340. The maximum absolute atomic E-state index is 13.6. The fourth-order valence-electron chi connectivity index (χ4n) is 3.81. The van der Waals surface area contributed by atoms with E-state index in [1.807, 2.05) is 18.3 Å². The Hall–Kier alpha value is -3.74. The van der Waals surface area contributed by atoms with Gasteiger partial charge in [0.15, 0.2) is 0 Å². The Bertz CT molecular complexity index is 1330. The van der Waals surface area contributed by atoms with Gasteiger partial charge in [0.25, 0.3) is 5.56 Å². The fraction of sp³-hybridized carbons (Fsp3) is 0.174. The van der Waals surface area contributed by atoms with E-state index in [0.29, 0.717) is 22.3 Å². The summed E-state index contributed by atoms with van der Waals surface area (Å²) in [5.74, 6) is -0.145. The van der Waals surface area contributed by atoms with Gasteiger partial charge in [0, 0.05) is 36.5 Å². The Morgan fingerprint density at radius 2 is 1.93 bits per heavy atom. The van der Waals surface area contributed by atoms with Crippen LogP contribution in [0.15, 0.2) is 59.7 Å². The third-order valence-corrected chi connectivity index (χ3v) is 5.31. The SMILES string of the molecule is CC(=O)Nc1cc(-c2[nH]c3ccn(C4CC4)c(=O)c3c2-c2ccc(F)cc2)ccn1. The lowest BCUT2D eigenvalue weighted by Gasteiger charge is -2.08. The summed E-state index contributed by atoms with van der Waals surface area (Å²) < 4.78 is 15.4. The highest BCUT2D eigenvalue weighted by Crippen LogP contribution is 2.39. The van der Waals surface area contributed by atoms with E-state index in [0.717, 1.165) is 29.7 Å². The summed E-state index contributed by atoms with van der Waals surface area (Å²) in [6.07, 6.45) is 5.42. The van der Waals surface area contributed by atoms with Crippen LogP contribution < -0.4 is 10.9 Å². The van der Waals surface area contributed by atoms with Crippen LogP contribution in [0, 0.1) is 5.82 Å². The molecule has 150 valence electrons. The number of H-pyrrole nitrogens is 1. The molecule has 0 spiro atoms. The molecule has 0 unspecified atom stereocenters. The molecule has 3 heterocycles. The molecule has 1 amide bonds. The molecule has 1 saturated carbocycles. The molecule has 1 aromatic carbocycles. The van der Waals surface area contributed by atoms with Gasteiger partial charge in [-0.15, -0.1) is 0 Å². The summed E-state index contributed by atoms with van der Waals surface area (Å²) in [6, 6.07) is 11.8. The van der Waals surface area contributed by atoms with E-state index in [4.69, 9.17) is 0 Å². The number of anilines is 1. The molecular weight excluding hydrogens is 383 g/mol. The van der Waals surface area contributed by atoms with Gasteiger partial charge >= 0.3 is 0 Å². The zero-order chi connectivity index (χ0) is 20.8. The van der Waals surface area contributed by atoms with Crippen LogP contribution in [0.25, 0.3) is 33.3 Å². The van der Waals surface area contributed by atoms with Crippen LogP contribution in [0.2, 0.25) is 0 Å². The summed E-state index contributed by atoms with van der Waals surface area (Å²) >= 11 is 0. The molecular formula is C23H19FN4O2. The van der Waals surface area contributed by atoms with Crippen LogP contribution in [0.5, 0.6) is 0 Å². The van der Waals surface area contributed by atoms with Gasteiger partial charge in [-0.2, -0.15) is 0 Å². The number of nitrogens with one attached hydrogen (secondary N) is 2. The zero-order valence-corrected chi connectivity index (χ0v) is 16.3. The van der Waals surface area contributed by atoms with E-state index >= 15 is 0 Å². The van der Waals surface area contributed by atoms with Crippen molar-refractivity contribution in [1.29, 1.82) is 0 Å². The van der Waals surface area contributed by atoms with Gasteiger partial charge in [-0.1, -0.05) is 12.1 Å². The highest BCUT2D eigenvalue weighted by Gasteiger charge is 2.27. The van der Waals surface area contributed by atoms with Crippen molar-refractivity contribution in [3.8, 4) is 22.4 Å². The molecule has 7 heteroatoms. The second-order valence-electron chi connectivity index (χ2n) is 7.54. The lowest BCUT2D eigenvalue weighted by Crippen LogP contribution is -2.18. The van der Waals surface area contributed by atoms with Crippen LogP contribution >= 0.6 is 0 Å². The number of nitrogens with zero attached hydrogens (tertiary/aromatic N) is 2. The van der Waals surface area contributed by atoms with E-state index in [2.05, 4.69) is 15.3 Å². The Balaban J connectivity index is 1.78. The first kappa shape index (κ1) is 18.3. The number of fused-ring (bicyclic) bond motifs is 1. The van der Waals surface area contributed by atoms with E-state index in [1.165, 1.54) is 19.1 Å². The molecule has 0 radical (unpaired) electrons. The van der Waals surface area contributed by atoms with Crippen molar-refractivity contribution >= 4 is 22.6 Å². The number of halogens is 1. The number of carbonyl (C=O) groups excluding carboxylic acids is 1. The standard InChI is InChI=1S/C23H19FN4O2/c1-13(29)26-19-12-15(8-10-25-19)22-20(14-2-4-16(24)5-3-14)21-18(27-22)9-11-28(23(21)30)17-6-7-17/h2-5,8-12,17,27H,6-7H2,1H3,(H,25,26,29). The molecule has 0 bridgehead atoms. The topological polar surface area (TPSA) is 79.8 Å². The first-order chi connectivity index (χ1) is 14.5. The number of pyridine rings is 2. The molecule has 0 atom stereocenters. The minimum Gasteiger partial charge on any atom is -0.354 e. The molecule has 30 heavy (non-hydrogen) atoms. The minimum absolute atomic E-state index is 0.0621. The third-order valence-electron chi connectivity index (χ3n) is 5.31. The Morgan fingerprint density at radius 1 is 1.17 bits per heavy atom. The summed E-state index contributed by atoms with van der Waals surface area (Å²) in [5, 5.41) is 3.25. The summed E-state index contributed by atoms with van der Waals surface area (Å²) in [4.78, 5) is 32.3. The number of benzene rings is 1. The Morgan fingerprint density at radius 3 is 2.63 bits per heavy atom. The average Bonchev–Trinajstić information content (AvgIpc) is 3.48. The van der Waals surface area contributed by atoms with Gasteiger partial charge in [0.05, 0.1) is 16.6 Å². The average molecular weight is 402 g/mol. The zero-order valence-electron chi connectivity index (χ0n) is 16.3. The summed E-state index contributed by atoms with van der Waals surface area (Å²) in [6.45, 7) is 1.42. The van der Waals surface area contributed by atoms with Crippen molar-refractivity contribution in [3.05, 3.63) is 71.0 Å². The van der Waals surface area contributed by atoms with E-state index < -0.39 is 0 Å². The van der Waals surface area contributed by atoms with Gasteiger partial charge in [-0.25, -0.2) is 9.37 Å². The molecule has 3 aromatic heterocycles. The smallest absolute Gasteiger partial charge is 0.260 e. The molecule has 1 aliphatic rings. The molecule has 0 saturated heterocycles. The summed E-state index contributed by atoms with van der Waals surface area (Å²) in [7, 11) is 0.